The summed E-state index contributed by atoms with van der Waals surface area (Å²) in [5, 5.41) is 0. The summed E-state index contributed by atoms with van der Waals surface area (Å²) in [6, 6.07) is 7.83. The van der Waals surface area contributed by atoms with E-state index in [0.717, 1.165) is 43.4 Å². The van der Waals surface area contributed by atoms with Crippen LogP contribution in [0.3, 0.4) is 0 Å². The van der Waals surface area contributed by atoms with Crippen LogP contribution in [0.5, 0.6) is 0 Å². The Morgan fingerprint density at radius 2 is 1.46 bits per heavy atom. The van der Waals surface area contributed by atoms with Gasteiger partial charge in [0.2, 0.25) is 5.91 Å². The number of fused-ring (bicyclic) bond motifs is 1. The van der Waals surface area contributed by atoms with Crippen molar-refractivity contribution < 1.29 is 4.79 Å². The molecule has 0 unspecified atom stereocenters. The number of aromatic nitrogens is 2. The molecule has 0 aliphatic heterocycles. The minimum absolute atomic E-state index is 0.0108. The lowest BCUT2D eigenvalue weighted by Crippen LogP contribution is -2.34. The summed E-state index contributed by atoms with van der Waals surface area (Å²) in [4.78, 5) is 27.1. The number of hydrogen-bond acceptors (Lipinski definition) is 2. The third kappa shape index (κ3) is 3.89. The number of carbonyl (C=O) groups excluding carboxylic acids is 1. The molecule has 0 bridgehead atoms. The van der Waals surface area contributed by atoms with Crippen molar-refractivity contribution in [2.75, 3.05) is 13.1 Å². The maximum Gasteiger partial charge on any atom is 0.329 e. The monoisotopic (exact) mass is 331 g/mol. The first-order valence-corrected chi connectivity index (χ1v) is 9.09. The highest BCUT2D eigenvalue weighted by Gasteiger charge is 2.16. The number of para-hydroxylation sites is 2. The second-order valence-electron chi connectivity index (χ2n) is 6.21. The highest BCUT2D eigenvalue weighted by atomic mass is 16.2. The van der Waals surface area contributed by atoms with E-state index in [-0.39, 0.29) is 11.6 Å². The van der Waals surface area contributed by atoms with Gasteiger partial charge < -0.3 is 4.90 Å². The van der Waals surface area contributed by atoms with Crippen LogP contribution in [0.15, 0.2) is 29.1 Å². The largest absolute Gasteiger partial charge is 0.343 e. The molecule has 5 nitrogen and oxygen atoms in total. The lowest BCUT2D eigenvalue weighted by Gasteiger charge is -2.21. The number of imidazole rings is 1. The van der Waals surface area contributed by atoms with Crippen molar-refractivity contribution in [2.24, 2.45) is 0 Å². The standard InChI is InChI=1S/C19H29N3O2/c1-4-12-20(13-5-2)18(23)11-15-22-17-10-8-7-9-16(17)21(14-6-3)19(22)24/h7-10H,4-6,11-15H2,1-3H3. The quantitative estimate of drug-likeness (QED) is 0.708. The van der Waals surface area contributed by atoms with Crippen molar-refractivity contribution in [3.63, 3.8) is 0 Å². The molecule has 1 amide bonds. The van der Waals surface area contributed by atoms with E-state index in [1.165, 1.54) is 0 Å². The van der Waals surface area contributed by atoms with Gasteiger partial charge in [0.15, 0.2) is 0 Å². The van der Waals surface area contributed by atoms with Crippen molar-refractivity contribution in [1.82, 2.24) is 14.0 Å². The smallest absolute Gasteiger partial charge is 0.329 e. The Balaban J connectivity index is 2.22. The molecule has 132 valence electrons. The predicted octanol–water partition coefficient (Wildman–Crippen LogP) is 3.25. The van der Waals surface area contributed by atoms with Crippen LogP contribution < -0.4 is 5.69 Å². The summed E-state index contributed by atoms with van der Waals surface area (Å²) in [7, 11) is 0. The van der Waals surface area contributed by atoms with Crippen LogP contribution >= 0.6 is 0 Å². The third-order valence-electron chi connectivity index (χ3n) is 4.26. The average molecular weight is 331 g/mol. The molecule has 1 aromatic heterocycles. The van der Waals surface area contributed by atoms with E-state index in [1.54, 1.807) is 4.57 Å². The first-order valence-electron chi connectivity index (χ1n) is 9.09. The Kier molecular flexibility index (Phi) is 6.64. The zero-order valence-corrected chi connectivity index (χ0v) is 15.1. The molecule has 0 saturated heterocycles. The predicted molar refractivity (Wildman–Crippen MR) is 98.3 cm³/mol. The van der Waals surface area contributed by atoms with Crippen LogP contribution in [0.25, 0.3) is 11.0 Å². The minimum Gasteiger partial charge on any atom is -0.343 e. The summed E-state index contributed by atoms with van der Waals surface area (Å²) in [5.74, 6) is 0.137. The zero-order chi connectivity index (χ0) is 17.5. The van der Waals surface area contributed by atoms with Gasteiger partial charge >= 0.3 is 5.69 Å². The van der Waals surface area contributed by atoms with Gasteiger partial charge in [0.05, 0.1) is 11.0 Å². The normalized spacial score (nSPS) is 11.1. The van der Waals surface area contributed by atoms with Gasteiger partial charge in [-0.1, -0.05) is 32.9 Å². The molecule has 0 atom stereocenters. The van der Waals surface area contributed by atoms with E-state index < -0.39 is 0 Å². The Hall–Kier alpha value is -2.04. The van der Waals surface area contributed by atoms with Gasteiger partial charge in [-0.25, -0.2) is 4.79 Å². The third-order valence-corrected chi connectivity index (χ3v) is 4.26. The number of hydrogen-bond donors (Lipinski definition) is 0. The van der Waals surface area contributed by atoms with E-state index in [9.17, 15) is 9.59 Å². The van der Waals surface area contributed by atoms with Gasteiger partial charge in [-0.15, -0.1) is 0 Å². The number of aryl methyl sites for hydroxylation is 2. The SMILES string of the molecule is CCCN(CCC)C(=O)CCn1c(=O)n(CCC)c2ccccc21. The van der Waals surface area contributed by atoms with Crippen LogP contribution in [0.1, 0.15) is 46.5 Å². The van der Waals surface area contributed by atoms with Gasteiger partial charge in [-0.2, -0.15) is 0 Å². The van der Waals surface area contributed by atoms with Gasteiger partial charge in [-0.05, 0) is 31.4 Å². The molecule has 0 aliphatic carbocycles. The van der Waals surface area contributed by atoms with E-state index in [1.807, 2.05) is 33.7 Å². The second-order valence-corrected chi connectivity index (χ2v) is 6.21. The molecule has 1 aromatic carbocycles. The summed E-state index contributed by atoms with van der Waals surface area (Å²) in [5.41, 5.74) is 1.86. The zero-order valence-electron chi connectivity index (χ0n) is 15.1. The molecule has 0 spiro atoms. The first kappa shape index (κ1) is 18.3. The fraction of sp³-hybridized carbons (Fsp3) is 0.579. The Bertz CT molecular complexity index is 724. The summed E-state index contributed by atoms with van der Waals surface area (Å²) >= 11 is 0. The van der Waals surface area contributed by atoms with Crippen LogP contribution in [0.4, 0.5) is 0 Å². The lowest BCUT2D eigenvalue weighted by molar-refractivity contribution is -0.131. The lowest BCUT2D eigenvalue weighted by atomic mass is 10.3. The summed E-state index contributed by atoms with van der Waals surface area (Å²) in [6.45, 7) is 8.96. The molecular formula is C19H29N3O2. The molecular weight excluding hydrogens is 302 g/mol. The number of nitrogens with zero attached hydrogens (tertiary/aromatic N) is 3. The van der Waals surface area contributed by atoms with E-state index >= 15 is 0 Å². The molecule has 2 rings (SSSR count). The maximum atomic E-state index is 12.7. The molecule has 5 heteroatoms. The Labute approximate surface area is 143 Å². The number of benzene rings is 1. The number of carbonyl (C=O) groups is 1. The van der Waals surface area contributed by atoms with Gasteiger partial charge in [0.1, 0.15) is 0 Å². The molecule has 0 N–H and O–H groups in total. The maximum absolute atomic E-state index is 12.7. The van der Waals surface area contributed by atoms with Crippen LogP contribution in [0, 0.1) is 0 Å². The summed E-state index contributed by atoms with van der Waals surface area (Å²) in [6.07, 6.45) is 3.21. The molecule has 0 radical (unpaired) electrons. The highest BCUT2D eigenvalue weighted by Crippen LogP contribution is 2.14. The minimum atomic E-state index is -0.0108. The molecule has 1 heterocycles. The van der Waals surface area contributed by atoms with Crippen LogP contribution in [-0.2, 0) is 17.9 Å². The van der Waals surface area contributed by atoms with Crippen molar-refractivity contribution in [3.8, 4) is 0 Å². The first-order chi connectivity index (χ1) is 11.6. The van der Waals surface area contributed by atoms with E-state index in [0.29, 0.717) is 19.5 Å². The molecule has 2 aromatic rings. The van der Waals surface area contributed by atoms with Crippen molar-refractivity contribution in [2.45, 2.75) is 59.5 Å². The van der Waals surface area contributed by atoms with Crippen LogP contribution in [0.2, 0.25) is 0 Å². The van der Waals surface area contributed by atoms with Crippen LogP contribution in [-0.4, -0.2) is 33.0 Å². The van der Waals surface area contributed by atoms with Crippen molar-refractivity contribution in [1.29, 1.82) is 0 Å². The average Bonchev–Trinajstić information content (AvgIpc) is 2.85. The fourth-order valence-electron chi connectivity index (χ4n) is 3.19. The van der Waals surface area contributed by atoms with E-state index in [2.05, 4.69) is 20.8 Å². The summed E-state index contributed by atoms with van der Waals surface area (Å²) < 4.78 is 3.56. The van der Waals surface area contributed by atoms with E-state index in [4.69, 9.17) is 0 Å². The van der Waals surface area contributed by atoms with Gasteiger partial charge in [-0.3, -0.25) is 13.9 Å². The molecule has 24 heavy (non-hydrogen) atoms. The number of amides is 1. The number of rotatable bonds is 9. The van der Waals surface area contributed by atoms with Gasteiger partial charge in [0, 0.05) is 32.6 Å². The Morgan fingerprint density at radius 1 is 0.917 bits per heavy atom. The highest BCUT2D eigenvalue weighted by molar-refractivity contribution is 5.78. The fourth-order valence-corrected chi connectivity index (χ4v) is 3.19. The topological polar surface area (TPSA) is 47.2 Å². The van der Waals surface area contributed by atoms with Gasteiger partial charge in [0.25, 0.3) is 0 Å². The van der Waals surface area contributed by atoms with Crippen molar-refractivity contribution in [3.05, 3.63) is 34.7 Å². The molecule has 0 aliphatic rings. The second kappa shape index (κ2) is 8.71. The molecule has 0 fully saturated rings. The van der Waals surface area contributed by atoms with Crippen molar-refractivity contribution >= 4 is 16.9 Å². The Morgan fingerprint density at radius 3 is 1.96 bits per heavy atom. The molecule has 0 saturated carbocycles.